The number of benzene rings is 1. The number of hydrogen-bond donors (Lipinski definition) is 2. The number of carbonyl (C=O) groups is 1. The van der Waals surface area contributed by atoms with Crippen LogP contribution in [-0.2, 0) is 11.3 Å². The number of aliphatic hydroxyl groups is 1. The second kappa shape index (κ2) is 6.49. The first-order valence-electron chi connectivity index (χ1n) is 7.25. The Kier molecular flexibility index (Phi) is 4.25. The second-order valence-corrected chi connectivity index (χ2v) is 5.14. The monoisotopic (exact) mass is 298 g/mol. The van der Waals surface area contributed by atoms with Crippen molar-refractivity contribution in [2.45, 2.75) is 19.0 Å². The summed E-state index contributed by atoms with van der Waals surface area (Å²) >= 11 is 0. The Morgan fingerprint density at radius 1 is 1.23 bits per heavy atom. The number of hydrogen-bond acceptors (Lipinski definition) is 3. The summed E-state index contributed by atoms with van der Waals surface area (Å²) in [6, 6.07) is 13.1. The van der Waals surface area contributed by atoms with Crippen molar-refractivity contribution in [1.29, 1.82) is 0 Å². The maximum atomic E-state index is 12.1. The van der Waals surface area contributed by atoms with E-state index in [0.29, 0.717) is 18.7 Å². The molecule has 22 heavy (non-hydrogen) atoms. The Morgan fingerprint density at radius 3 is 2.86 bits per heavy atom. The van der Waals surface area contributed by atoms with E-state index in [9.17, 15) is 9.90 Å². The van der Waals surface area contributed by atoms with E-state index in [2.05, 4.69) is 9.88 Å². The van der Waals surface area contributed by atoms with Gasteiger partial charge in [0.25, 0.3) is 0 Å². The molecule has 5 heteroatoms. The third-order valence-corrected chi connectivity index (χ3v) is 3.66. The number of nitrogens with one attached hydrogen (secondary N) is 1. The Labute approximate surface area is 128 Å². The van der Waals surface area contributed by atoms with E-state index in [0.717, 1.165) is 10.9 Å². The number of para-hydroxylation sites is 1. The smallest absolute Gasteiger partial charge is 0.222 e. The van der Waals surface area contributed by atoms with Crippen LogP contribution in [0.3, 0.4) is 0 Å². The van der Waals surface area contributed by atoms with Crippen LogP contribution in [0.4, 0.5) is 0 Å². The number of aromatic nitrogens is 1. The first kappa shape index (κ1) is 14.4. The highest BCUT2D eigenvalue weighted by molar-refractivity contribution is 5.80. The molecule has 1 unspecified atom stereocenters. The van der Waals surface area contributed by atoms with E-state index in [1.165, 1.54) is 6.26 Å². The number of fused-ring (bicyclic) bond motifs is 1. The minimum atomic E-state index is -0.496. The molecule has 0 spiro atoms. The van der Waals surface area contributed by atoms with E-state index in [1.807, 2.05) is 36.5 Å². The molecule has 0 aliphatic heterocycles. The average molecular weight is 298 g/mol. The zero-order chi connectivity index (χ0) is 15.4. The van der Waals surface area contributed by atoms with Crippen LogP contribution in [0.5, 0.6) is 0 Å². The van der Waals surface area contributed by atoms with Crippen LogP contribution in [-0.4, -0.2) is 22.2 Å². The lowest BCUT2D eigenvalue weighted by Gasteiger charge is -2.14. The Balaban J connectivity index is 1.60. The molecule has 3 aromatic rings. The third kappa shape index (κ3) is 3.04. The summed E-state index contributed by atoms with van der Waals surface area (Å²) in [4.78, 5) is 12.1. The van der Waals surface area contributed by atoms with Crippen LogP contribution in [0.25, 0.3) is 10.9 Å². The molecule has 2 aromatic heterocycles. The first-order chi connectivity index (χ1) is 10.8. The van der Waals surface area contributed by atoms with Gasteiger partial charge >= 0.3 is 0 Å². The molecule has 0 saturated carbocycles. The summed E-state index contributed by atoms with van der Waals surface area (Å²) in [5.41, 5.74) is 1.11. The highest BCUT2D eigenvalue weighted by atomic mass is 16.3. The molecular formula is C17H18N2O3. The van der Waals surface area contributed by atoms with Crippen molar-refractivity contribution in [1.82, 2.24) is 9.88 Å². The van der Waals surface area contributed by atoms with Gasteiger partial charge in [-0.3, -0.25) is 4.79 Å². The van der Waals surface area contributed by atoms with Crippen molar-refractivity contribution in [3.8, 4) is 0 Å². The molecule has 0 aliphatic carbocycles. The summed E-state index contributed by atoms with van der Waals surface area (Å²) in [5, 5.41) is 13.3. The molecule has 2 heterocycles. The van der Waals surface area contributed by atoms with Gasteiger partial charge in [-0.15, -0.1) is 0 Å². The van der Waals surface area contributed by atoms with Gasteiger partial charge in [-0.2, -0.15) is 0 Å². The number of amides is 1. The van der Waals surface area contributed by atoms with Crippen molar-refractivity contribution in [2.24, 2.45) is 0 Å². The first-order valence-corrected chi connectivity index (χ1v) is 7.25. The maximum absolute atomic E-state index is 12.1. The van der Waals surface area contributed by atoms with Gasteiger partial charge < -0.3 is 19.4 Å². The van der Waals surface area contributed by atoms with Gasteiger partial charge in [0, 0.05) is 24.7 Å². The fraction of sp³-hybridized carbons (Fsp3) is 0.235. The lowest BCUT2D eigenvalue weighted by atomic mass is 10.2. The normalized spacial score (nSPS) is 12.4. The van der Waals surface area contributed by atoms with E-state index >= 15 is 0 Å². The minimum Gasteiger partial charge on any atom is -0.467 e. The molecule has 0 aliphatic rings. The molecule has 5 nitrogen and oxygen atoms in total. The van der Waals surface area contributed by atoms with Gasteiger partial charge in [0.05, 0.1) is 12.9 Å². The number of aryl methyl sites for hydroxylation is 1. The van der Waals surface area contributed by atoms with Gasteiger partial charge in [0.2, 0.25) is 5.91 Å². The molecule has 0 fully saturated rings. The van der Waals surface area contributed by atoms with Crippen LogP contribution < -0.4 is 5.32 Å². The predicted octanol–water partition coefficient (Wildman–Crippen LogP) is 2.47. The third-order valence-electron chi connectivity index (χ3n) is 3.66. The molecule has 1 amide bonds. The molecular weight excluding hydrogens is 280 g/mol. The van der Waals surface area contributed by atoms with Gasteiger partial charge in [-0.1, -0.05) is 18.2 Å². The van der Waals surface area contributed by atoms with Crippen molar-refractivity contribution < 1.29 is 14.3 Å². The number of furan rings is 1. The van der Waals surface area contributed by atoms with Crippen molar-refractivity contribution >= 4 is 16.8 Å². The van der Waals surface area contributed by atoms with Gasteiger partial charge in [0.15, 0.2) is 0 Å². The van der Waals surface area contributed by atoms with Crippen LogP contribution in [0.1, 0.15) is 18.2 Å². The van der Waals surface area contributed by atoms with Crippen LogP contribution in [0, 0.1) is 0 Å². The summed E-state index contributed by atoms with van der Waals surface area (Å²) in [7, 11) is 0. The van der Waals surface area contributed by atoms with E-state index in [-0.39, 0.29) is 12.5 Å². The fourth-order valence-corrected chi connectivity index (χ4v) is 2.52. The molecule has 114 valence electrons. The molecule has 0 bridgehead atoms. The molecule has 1 atom stereocenters. The topological polar surface area (TPSA) is 67.4 Å². The molecule has 2 N–H and O–H groups in total. The van der Waals surface area contributed by atoms with Crippen LogP contribution >= 0.6 is 0 Å². The van der Waals surface area contributed by atoms with E-state index in [4.69, 9.17) is 4.42 Å². The minimum absolute atomic E-state index is 0.117. The summed E-state index contributed by atoms with van der Waals surface area (Å²) < 4.78 is 7.27. The molecule has 0 radical (unpaired) electrons. The Hall–Kier alpha value is -2.53. The number of nitrogens with zero attached hydrogens (tertiary/aromatic N) is 1. The zero-order valence-electron chi connectivity index (χ0n) is 12.1. The lowest BCUT2D eigenvalue weighted by Crippen LogP contribution is -2.31. The van der Waals surface area contributed by atoms with Gasteiger partial charge in [-0.05, 0) is 29.7 Å². The van der Waals surface area contributed by atoms with Gasteiger partial charge in [-0.25, -0.2) is 0 Å². The van der Waals surface area contributed by atoms with Crippen molar-refractivity contribution in [3.63, 3.8) is 0 Å². The molecule has 1 aromatic carbocycles. The van der Waals surface area contributed by atoms with Gasteiger partial charge in [0.1, 0.15) is 11.8 Å². The quantitative estimate of drug-likeness (QED) is 0.734. The molecule has 0 saturated heterocycles. The summed E-state index contributed by atoms with van der Waals surface area (Å²) in [6.45, 7) is 0.404. The number of rotatable bonds is 6. The Bertz CT molecular complexity index is 746. The summed E-state index contributed by atoms with van der Waals surface area (Å²) in [6.07, 6.45) is 3.85. The van der Waals surface area contributed by atoms with E-state index in [1.54, 1.807) is 12.1 Å². The van der Waals surface area contributed by atoms with Crippen LogP contribution in [0.15, 0.2) is 59.3 Å². The number of carbonyl (C=O) groups excluding carboxylic acids is 1. The average Bonchev–Trinajstić information content (AvgIpc) is 3.20. The predicted molar refractivity (Wildman–Crippen MR) is 83.2 cm³/mol. The summed E-state index contributed by atoms with van der Waals surface area (Å²) in [5.74, 6) is 0.440. The highest BCUT2D eigenvalue weighted by Crippen LogP contribution is 2.16. The largest absolute Gasteiger partial charge is 0.467 e. The zero-order valence-corrected chi connectivity index (χ0v) is 12.1. The number of aliphatic hydroxyl groups excluding tert-OH is 1. The van der Waals surface area contributed by atoms with Crippen LogP contribution in [0.2, 0.25) is 0 Å². The SMILES string of the molecule is O=C(CCn1ccc2ccccc21)NC(CO)c1ccco1. The lowest BCUT2D eigenvalue weighted by molar-refractivity contribution is -0.122. The Morgan fingerprint density at radius 2 is 2.09 bits per heavy atom. The van der Waals surface area contributed by atoms with Crippen molar-refractivity contribution in [3.05, 3.63) is 60.7 Å². The van der Waals surface area contributed by atoms with Crippen molar-refractivity contribution in [2.75, 3.05) is 6.61 Å². The standard InChI is InChI=1S/C17H18N2O3/c20-12-14(16-6-3-11-22-16)18-17(21)8-10-19-9-7-13-4-1-2-5-15(13)19/h1-7,9,11,14,20H,8,10,12H2,(H,18,21). The second-order valence-electron chi connectivity index (χ2n) is 5.14. The maximum Gasteiger partial charge on any atom is 0.222 e. The highest BCUT2D eigenvalue weighted by Gasteiger charge is 2.16. The molecule has 3 rings (SSSR count). The fourth-order valence-electron chi connectivity index (χ4n) is 2.52. The van der Waals surface area contributed by atoms with E-state index < -0.39 is 6.04 Å².